The van der Waals surface area contributed by atoms with Gasteiger partial charge in [-0.3, -0.25) is 0 Å². The lowest BCUT2D eigenvalue weighted by Crippen LogP contribution is -2.10. The van der Waals surface area contributed by atoms with Gasteiger partial charge in [0.1, 0.15) is 0 Å². The van der Waals surface area contributed by atoms with Crippen LogP contribution in [0.5, 0.6) is 0 Å². The van der Waals surface area contributed by atoms with Crippen molar-refractivity contribution in [2.24, 2.45) is 0 Å². The number of imidazole rings is 1. The zero-order valence-electron chi connectivity index (χ0n) is 15.6. The molecule has 1 aliphatic rings. The maximum atomic E-state index is 11.6. The first kappa shape index (κ1) is 16.7. The number of benzene rings is 2. The number of aryl methyl sites for hydroxylation is 2. The van der Waals surface area contributed by atoms with E-state index >= 15 is 0 Å². The molecule has 0 fully saturated rings. The number of nitrogens with zero attached hydrogens (tertiary/aromatic N) is 1. The van der Waals surface area contributed by atoms with Gasteiger partial charge in [0.05, 0.1) is 22.2 Å². The number of aromatic amines is 2. The summed E-state index contributed by atoms with van der Waals surface area (Å²) >= 11 is 0. The van der Waals surface area contributed by atoms with Gasteiger partial charge >= 0.3 is 5.69 Å². The molecule has 0 spiro atoms. The molecule has 2 aromatic carbocycles. The molecule has 28 heavy (non-hydrogen) atoms. The predicted octanol–water partition coefficient (Wildman–Crippen LogP) is 3.84. The van der Waals surface area contributed by atoms with Gasteiger partial charge in [-0.2, -0.15) is 0 Å². The molecule has 1 aliphatic carbocycles. The number of H-pyrrole nitrogens is 2. The molecule has 0 atom stereocenters. The summed E-state index contributed by atoms with van der Waals surface area (Å²) in [5, 5.41) is 8.92. The van der Waals surface area contributed by atoms with Crippen LogP contribution in [-0.4, -0.2) is 21.2 Å². The van der Waals surface area contributed by atoms with Crippen molar-refractivity contribution in [2.45, 2.75) is 32.6 Å². The summed E-state index contributed by atoms with van der Waals surface area (Å²) in [5.41, 5.74) is 15.4. The first-order valence-corrected chi connectivity index (χ1v) is 9.54. The Morgan fingerprint density at radius 3 is 2.64 bits per heavy atom. The van der Waals surface area contributed by atoms with Gasteiger partial charge < -0.3 is 21.1 Å². The third kappa shape index (κ3) is 2.37. The number of nitrogens with one attached hydrogen (secondary N) is 3. The Morgan fingerprint density at radius 2 is 1.86 bits per heavy atom. The number of nitrogen functional groups attached to an aromatic ring is 1. The molecule has 0 amide bonds. The van der Waals surface area contributed by atoms with Gasteiger partial charge in [-0.15, -0.1) is 0 Å². The van der Waals surface area contributed by atoms with Gasteiger partial charge in [-0.1, -0.05) is 6.07 Å². The van der Waals surface area contributed by atoms with E-state index in [4.69, 9.17) is 16.1 Å². The van der Waals surface area contributed by atoms with Crippen molar-refractivity contribution in [1.29, 1.82) is 5.41 Å². The molecule has 0 aliphatic heterocycles. The summed E-state index contributed by atoms with van der Waals surface area (Å²) in [6, 6.07) is 7.82. The number of hydrogen-bond acceptors (Lipinski definition) is 4. The molecule has 6 heteroatoms. The fraction of sp³-hybridized carbons (Fsp3) is 0.227. The zero-order chi connectivity index (χ0) is 19.4. The molecule has 2 aromatic heterocycles. The van der Waals surface area contributed by atoms with Crippen LogP contribution in [0.1, 0.15) is 35.1 Å². The average molecular weight is 371 g/mol. The van der Waals surface area contributed by atoms with Gasteiger partial charge in [-0.25, -0.2) is 9.78 Å². The first-order valence-electron chi connectivity index (χ1n) is 9.54. The molecule has 2 heterocycles. The van der Waals surface area contributed by atoms with Crippen LogP contribution < -0.4 is 11.4 Å². The minimum atomic E-state index is -0.206. The van der Waals surface area contributed by atoms with E-state index in [0.717, 1.165) is 70.0 Å². The average Bonchev–Trinajstić information content (AvgIpc) is 3.07. The van der Waals surface area contributed by atoms with E-state index in [2.05, 4.69) is 9.97 Å². The van der Waals surface area contributed by atoms with E-state index in [1.807, 2.05) is 31.2 Å². The Morgan fingerprint density at radius 1 is 1.11 bits per heavy atom. The molecule has 0 saturated carbocycles. The standard InChI is InChI=1S/C22H21N5O/c1-11-8-16(24)15(10-23)19-13-4-2-3-5-14(13)21(27-20(11)19)12-6-7-17-18(9-12)26-22(28)25-17/h6-10,23H,2-5,24H2,1H3,(H2,25,26,28). The van der Waals surface area contributed by atoms with Crippen LogP contribution in [0.25, 0.3) is 33.2 Å². The minimum Gasteiger partial charge on any atom is -0.398 e. The number of rotatable bonds is 2. The van der Waals surface area contributed by atoms with Crippen molar-refractivity contribution >= 4 is 33.8 Å². The topological polar surface area (TPSA) is 111 Å². The number of pyridine rings is 1. The van der Waals surface area contributed by atoms with Gasteiger partial charge in [-0.05, 0) is 67.5 Å². The summed E-state index contributed by atoms with van der Waals surface area (Å²) in [4.78, 5) is 22.3. The van der Waals surface area contributed by atoms with E-state index in [9.17, 15) is 4.79 Å². The largest absolute Gasteiger partial charge is 0.398 e. The maximum absolute atomic E-state index is 11.6. The number of nitrogens with two attached hydrogens (primary N) is 1. The minimum absolute atomic E-state index is 0.206. The zero-order valence-corrected chi connectivity index (χ0v) is 15.6. The summed E-state index contributed by atoms with van der Waals surface area (Å²) in [5.74, 6) is 0. The third-order valence-corrected chi connectivity index (χ3v) is 5.78. The van der Waals surface area contributed by atoms with Crippen LogP contribution >= 0.6 is 0 Å². The van der Waals surface area contributed by atoms with Crippen molar-refractivity contribution in [3.63, 3.8) is 0 Å². The highest BCUT2D eigenvalue weighted by atomic mass is 16.1. The third-order valence-electron chi connectivity index (χ3n) is 5.78. The lowest BCUT2D eigenvalue weighted by atomic mass is 9.84. The van der Waals surface area contributed by atoms with Crippen molar-refractivity contribution in [2.75, 3.05) is 5.73 Å². The molecule has 0 saturated heterocycles. The molecule has 140 valence electrons. The second-order valence-electron chi connectivity index (χ2n) is 7.53. The van der Waals surface area contributed by atoms with Crippen molar-refractivity contribution in [3.8, 4) is 11.3 Å². The monoisotopic (exact) mass is 371 g/mol. The number of fused-ring (bicyclic) bond motifs is 4. The van der Waals surface area contributed by atoms with Crippen LogP contribution in [-0.2, 0) is 12.8 Å². The summed E-state index contributed by atoms with van der Waals surface area (Å²) < 4.78 is 0. The van der Waals surface area contributed by atoms with Crippen molar-refractivity contribution in [3.05, 3.63) is 57.0 Å². The lowest BCUT2D eigenvalue weighted by Gasteiger charge is -2.23. The van der Waals surface area contributed by atoms with Gasteiger partial charge in [0.15, 0.2) is 0 Å². The lowest BCUT2D eigenvalue weighted by molar-refractivity contribution is 0.689. The molecule has 6 nitrogen and oxygen atoms in total. The van der Waals surface area contributed by atoms with E-state index in [0.29, 0.717) is 5.69 Å². The molecule has 4 aromatic rings. The Hall–Kier alpha value is -3.41. The molecular weight excluding hydrogens is 350 g/mol. The predicted molar refractivity (Wildman–Crippen MR) is 113 cm³/mol. The van der Waals surface area contributed by atoms with Gasteiger partial charge in [0.2, 0.25) is 0 Å². The highest BCUT2D eigenvalue weighted by Gasteiger charge is 2.22. The smallest absolute Gasteiger partial charge is 0.323 e. The second kappa shape index (κ2) is 6.05. The molecule has 5 N–H and O–H groups in total. The molecule has 5 rings (SSSR count). The van der Waals surface area contributed by atoms with Crippen LogP contribution in [0.4, 0.5) is 5.69 Å². The molecular formula is C22H21N5O. The molecule has 0 bridgehead atoms. The fourth-order valence-corrected chi connectivity index (χ4v) is 4.49. The Bertz CT molecular complexity index is 1330. The van der Waals surface area contributed by atoms with Crippen LogP contribution in [0.15, 0.2) is 29.1 Å². The molecule has 0 radical (unpaired) electrons. The molecule has 0 unspecified atom stereocenters. The number of anilines is 1. The summed E-state index contributed by atoms with van der Waals surface area (Å²) in [7, 11) is 0. The number of aromatic nitrogens is 3. The van der Waals surface area contributed by atoms with E-state index < -0.39 is 0 Å². The highest BCUT2D eigenvalue weighted by Crippen LogP contribution is 2.39. The SMILES string of the molecule is Cc1cc(N)c(C=N)c2c3c(c(-c4ccc5[nH]c(=O)[nH]c5c4)nc12)CCCC3. The second-order valence-corrected chi connectivity index (χ2v) is 7.53. The Labute approximate surface area is 161 Å². The van der Waals surface area contributed by atoms with Gasteiger partial charge in [0.25, 0.3) is 0 Å². The highest BCUT2D eigenvalue weighted by molar-refractivity contribution is 6.06. The number of hydrogen-bond donors (Lipinski definition) is 4. The van der Waals surface area contributed by atoms with Crippen LogP contribution in [0, 0.1) is 12.3 Å². The normalized spacial score (nSPS) is 13.8. The van der Waals surface area contributed by atoms with E-state index in [1.165, 1.54) is 17.3 Å². The Balaban J connectivity index is 1.88. The fourth-order valence-electron chi connectivity index (χ4n) is 4.49. The van der Waals surface area contributed by atoms with Crippen LogP contribution in [0.3, 0.4) is 0 Å². The Kier molecular flexibility index (Phi) is 3.62. The van der Waals surface area contributed by atoms with Crippen molar-refractivity contribution in [1.82, 2.24) is 15.0 Å². The van der Waals surface area contributed by atoms with Gasteiger partial charge in [0, 0.05) is 28.4 Å². The van der Waals surface area contributed by atoms with E-state index in [-0.39, 0.29) is 5.69 Å². The van der Waals surface area contributed by atoms with Crippen molar-refractivity contribution < 1.29 is 0 Å². The van der Waals surface area contributed by atoms with E-state index in [1.54, 1.807) is 0 Å². The quantitative estimate of drug-likeness (QED) is 0.317. The summed E-state index contributed by atoms with van der Waals surface area (Å²) in [6.07, 6.45) is 5.53. The first-order chi connectivity index (χ1) is 13.6. The maximum Gasteiger partial charge on any atom is 0.323 e. The van der Waals surface area contributed by atoms with Crippen LogP contribution in [0.2, 0.25) is 0 Å². The summed E-state index contributed by atoms with van der Waals surface area (Å²) in [6.45, 7) is 2.02.